The van der Waals surface area contributed by atoms with Gasteiger partial charge in [0.2, 0.25) is 5.82 Å². The van der Waals surface area contributed by atoms with Crippen LogP contribution >= 0.6 is 0 Å². The van der Waals surface area contributed by atoms with Crippen LogP contribution in [-0.4, -0.2) is 30.1 Å². The Labute approximate surface area is 233 Å². The summed E-state index contributed by atoms with van der Waals surface area (Å²) in [6, 6.07) is 25.7. The molecule has 0 aliphatic rings. The van der Waals surface area contributed by atoms with Crippen molar-refractivity contribution >= 4 is 28.1 Å². The topological polar surface area (TPSA) is 88.1 Å². The molecule has 0 fully saturated rings. The van der Waals surface area contributed by atoms with Crippen molar-refractivity contribution in [1.29, 1.82) is 0 Å². The van der Waals surface area contributed by atoms with Crippen LogP contribution in [0.5, 0.6) is 17.2 Å². The van der Waals surface area contributed by atoms with Crippen LogP contribution in [0.15, 0.2) is 105 Å². The normalized spacial score (nSPS) is 11.4. The van der Waals surface area contributed by atoms with E-state index in [1.165, 1.54) is 30.1 Å². The average molecular weight is 550 g/mol. The van der Waals surface area contributed by atoms with Crippen molar-refractivity contribution in [2.24, 2.45) is 5.10 Å². The van der Waals surface area contributed by atoms with Gasteiger partial charge in [-0.3, -0.25) is 4.79 Å². The number of fused-ring (bicyclic) bond motifs is 2. The Bertz CT molecular complexity index is 1960. The number of hydrogen-bond donors (Lipinski definition) is 0. The van der Waals surface area contributed by atoms with Gasteiger partial charge < -0.3 is 18.6 Å². The number of furan rings is 1. The SMILES string of the molecule is COc1cc(C=Nn2c(-c3cc4c(OC)cccc4o3)nc3ccccc3c2=O)ccc1OCc1ccc(F)cc1. The van der Waals surface area contributed by atoms with Gasteiger partial charge in [0.15, 0.2) is 17.3 Å². The van der Waals surface area contributed by atoms with E-state index in [1.54, 1.807) is 61.7 Å². The fourth-order valence-corrected chi connectivity index (χ4v) is 4.46. The number of halogens is 1. The smallest absolute Gasteiger partial charge is 0.282 e. The Hall–Kier alpha value is -5.44. The van der Waals surface area contributed by atoms with Gasteiger partial charge >= 0.3 is 0 Å². The van der Waals surface area contributed by atoms with Crippen LogP contribution in [0.25, 0.3) is 33.5 Å². The molecule has 0 spiro atoms. The molecule has 0 N–H and O–H groups in total. The van der Waals surface area contributed by atoms with Crippen LogP contribution in [0.2, 0.25) is 0 Å². The Balaban J connectivity index is 1.37. The first-order chi connectivity index (χ1) is 20.0. The highest BCUT2D eigenvalue weighted by molar-refractivity contribution is 5.88. The summed E-state index contributed by atoms with van der Waals surface area (Å²) in [4.78, 5) is 18.3. The molecule has 2 heterocycles. The number of rotatable bonds is 8. The Morgan fingerprint density at radius 1 is 0.878 bits per heavy atom. The molecule has 6 rings (SSSR count). The molecular weight excluding hydrogens is 525 g/mol. The summed E-state index contributed by atoms with van der Waals surface area (Å²) in [5.41, 5.74) is 2.25. The van der Waals surface area contributed by atoms with Crippen molar-refractivity contribution in [3.63, 3.8) is 0 Å². The zero-order valence-electron chi connectivity index (χ0n) is 22.2. The average Bonchev–Trinajstić information content (AvgIpc) is 3.45. The molecule has 0 aliphatic heterocycles. The van der Waals surface area contributed by atoms with Crippen molar-refractivity contribution in [3.8, 4) is 28.8 Å². The van der Waals surface area contributed by atoms with Crippen LogP contribution in [-0.2, 0) is 6.61 Å². The van der Waals surface area contributed by atoms with Crippen LogP contribution in [0.4, 0.5) is 4.39 Å². The zero-order chi connectivity index (χ0) is 28.3. The van der Waals surface area contributed by atoms with Gasteiger partial charge in [-0.05, 0) is 71.8 Å². The lowest BCUT2D eigenvalue weighted by Crippen LogP contribution is -2.20. The summed E-state index contributed by atoms with van der Waals surface area (Å²) >= 11 is 0. The standard InChI is InChI=1S/C32H24FN3O5/c1-38-26-8-5-9-27-24(26)17-30(41-27)31-35-25-7-4-3-6-23(25)32(37)36(31)34-18-21-12-15-28(29(16-21)39-2)40-19-20-10-13-22(33)14-11-20/h3-18H,19H2,1-2H3. The van der Waals surface area contributed by atoms with E-state index < -0.39 is 0 Å². The Kier molecular flexibility index (Phi) is 6.91. The maximum Gasteiger partial charge on any atom is 0.282 e. The Morgan fingerprint density at radius 2 is 1.68 bits per heavy atom. The third kappa shape index (κ3) is 5.12. The van der Waals surface area contributed by atoms with Crippen LogP contribution < -0.4 is 19.8 Å². The van der Waals surface area contributed by atoms with Gasteiger partial charge in [-0.2, -0.15) is 9.78 Å². The maximum absolute atomic E-state index is 13.6. The number of nitrogens with zero attached hydrogens (tertiary/aromatic N) is 3. The molecule has 0 amide bonds. The van der Waals surface area contributed by atoms with E-state index in [4.69, 9.17) is 23.6 Å². The molecule has 0 saturated carbocycles. The quantitative estimate of drug-likeness (QED) is 0.204. The highest BCUT2D eigenvalue weighted by atomic mass is 19.1. The summed E-state index contributed by atoms with van der Waals surface area (Å²) in [6.45, 7) is 0.244. The third-order valence-electron chi connectivity index (χ3n) is 6.53. The van der Waals surface area contributed by atoms with Crippen molar-refractivity contribution in [2.75, 3.05) is 14.2 Å². The number of hydrogen-bond acceptors (Lipinski definition) is 7. The van der Waals surface area contributed by atoms with Crippen LogP contribution in [0, 0.1) is 5.82 Å². The summed E-state index contributed by atoms with van der Waals surface area (Å²) in [7, 11) is 3.12. The van der Waals surface area contributed by atoms with E-state index in [2.05, 4.69) is 5.10 Å². The monoisotopic (exact) mass is 549 g/mol. The second-order valence-corrected chi connectivity index (χ2v) is 9.12. The fourth-order valence-electron chi connectivity index (χ4n) is 4.46. The predicted octanol–water partition coefficient (Wildman–Crippen LogP) is 6.43. The van der Waals surface area contributed by atoms with Crippen molar-refractivity contribution in [2.45, 2.75) is 6.61 Å². The van der Waals surface area contributed by atoms with Gasteiger partial charge in [-0.15, -0.1) is 0 Å². The number of methoxy groups -OCH3 is 2. The van der Waals surface area contributed by atoms with Gasteiger partial charge in [-0.1, -0.05) is 30.3 Å². The highest BCUT2D eigenvalue weighted by Crippen LogP contribution is 2.33. The molecular formula is C32H24FN3O5. The largest absolute Gasteiger partial charge is 0.496 e. The highest BCUT2D eigenvalue weighted by Gasteiger charge is 2.18. The van der Waals surface area contributed by atoms with Crippen LogP contribution in [0.1, 0.15) is 11.1 Å². The van der Waals surface area contributed by atoms with Gasteiger partial charge in [0, 0.05) is 0 Å². The lowest BCUT2D eigenvalue weighted by atomic mass is 10.2. The molecule has 0 bridgehead atoms. The van der Waals surface area contributed by atoms with E-state index in [0.717, 1.165) is 10.9 Å². The second kappa shape index (κ2) is 11.0. The first-order valence-corrected chi connectivity index (χ1v) is 12.7. The summed E-state index contributed by atoms with van der Waals surface area (Å²) < 4.78 is 37.4. The number of aromatic nitrogens is 2. The van der Waals surface area contributed by atoms with E-state index >= 15 is 0 Å². The molecule has 41 heavy (non-hydrogen) atoms. The van der Waals surface area contributed by atoms with Gasteiger partial charge in [0.1, 0.15) is 23.8 Å². The predicted molar refractivity (Wildman–Crippen MR) is 154 cm³/mol. The summed E-state index contributed by atoms with van der Waals surface area (Å²) in [5, 5.41) is 5.69. The molecule has 0 radical (unpaired) electrons. The molecule has 0 unspecified atom stereocenters. The molecule has 6 aromatic rings. The first-order valence-electron chi connectivity index (χ1n) is 12.7. The number of para-hydroxylation sites is 1. The Morgan fingerprint density at radius 3 is 2.49 bits per heavy atom. The minimum atomic E-state index is -0.347. The van der Waals surface area contributed by atoms with E-state index in [0.29, 0.717) is 45.1 Å². The molecule has 204 valence electrons. The molecule has 0 aliphatic carbocycles. The third-order valence-corrected chi connectivity index (χ3v) is 6.53. The number of ether oxygens (including phenoxy) is 3. The first kappa shape index (κ1) is 25.8. The molecule has 0 saturated heterocycles. The number of benzene rings is 4. The van der Waals surface area contributed by atoms with Gasteiger partial charge in [0.05, 0.1) is 36.7 Å². The minimum Gasteiger partial charge on any atom is -0.496 e. The lowest BCUT2D eigenvalue weighted by Gasteiger charge is -2.11. The maximum atomic E-state index is 13.6. The lowest BCUT2D eigenvalue weighted by molar-refractivity contribution is 0.284. The van der Waals surface area contributed by atoms with Crippen molar-refractivity contribution in [3.05, 3.63) is 118 Å². The van der Waals surface area contributed by atoms with Crippen LogP contribution in [0.3, 0.4) is 0 Å². The van der Waals surface area contributed by atoms with Crippen molar-refractivity contribution < 1.29 is 23.0 Å². The molecule has 0 atom stereocenters. The molecule has 8 nitrogen and oxygen atoms in total. The molecule has 9 heteroatoms. The van der Waals surface area contributed by atoms with E-state index in [-0.39, 0.29) is 23.8 Å². The molecule has 4 aromatic carbocycles. The summed E-state index contributed by atoms with van der Waals surface area (Å²) in [5.74, 6) is 1.93. The second-order valence-electron chi connectivity index (χ2n) is 9.12. The minimum absolute atomic E-state index is 0.244. The fraction of sp³-hybridized carbons (Fsp3) is 0.0938. The van der Waals surface area contributed by atoms with E-state index in [1.807, 2.05) is 24.3 Å². The van der Waals surface area contributed by atoms with Crippen molar-refractivity contribution in [1.82, 2.24) is 9.66 Å². The molecule has 2 aromatic heterocycles. The van der Waals surface area contributed by atoms with Gasteiger partial charge in [-0.25, -0.2) is 9.37 Å². The van der Waals surface area contributed by atoms with E-state index in [9.17, 15) is 9.18 Å². The zero-order valence-corrected chi connectivity index (χ0v) is 22.2. The van der Waals surface area contributed by atoms with Gasteiger partial charge in [0.25, 0.3) is 5.56 Å². The summed E-state index contributed by atoms with van der Waals surface area (Å²) in [6.07, 6.45) is 1.54.